The Hall–Kier alpha value is -1.74. The number of alkyl halides is 6. The van der Waals surface area contributed by atoms with E-state index in [1.54, 1.807) is 0 Å². The van der Waals surface area contributed by atoms with E-state index in [-0.39, 0.29) is 49.0 Å². The Morgan fingerprint density at radius 2 is 1.41 bits per heavy atom. The molecule has 0 aromatic heterocycles. The Morgan fingerprint density at radius 1 is 0.969 bits per heavy atom. The van der Waals surface area contributed by atoms with E-state index in [0.717, 1.165) is 19.3 Å². The first kappa shape index (κ1) is 24.9. The van der Waals surface area contributed by atoms with Crippen LogP contribution in [0.1, 0.15) is 65.2 Å². The molecule has 4 rings (SSSR count). The number of carbonyl (C=O) groups excluding carboxylic acids is 2. The third-order valence-corrected chi connectivity index (χ3v) is 7.25. The molecule has 4 aliphatic rings. The number of carbonyl (C=O) groups is 2. The number of esters is 2. The topological polar surface area (TPSA) is 52.6 Å². The van der Waals surface area contributed by atoms with Crippen LogP contribution in [-0.4, -0.2) is 36.0 Å². The second-order valence-corrected chi connectivity index (χ2v) is 9.83. The van der Waals surface area contributed by atoms with Gasteiger partial charge in [0, 0.05) is 12.0 Å². The van der Waals surface area contributed by atoms with E-state index in [1.807, 2.05) is 0 Å². The Kier molecular flexibility index (Phi) is 6.41. The SMILES string of the molecule is C=C(C)C(=O)OC(CC)CC(OC(=O)C12CC3CC(CC(C3)C1)C2)(C(F)(F)F)C(F)(F)F. The number of rotatable bonds is 7. The fourth-order valence-electron chi connectivity index (χ4n) is 6.02. The summed E-state index contributed by atoms with van der Waals surface area (Å²) in [5, 5.41) is 0. The van der Waals surface area contributed by atoms with Gasteiger partial charge >= 0.3 is 29.9 Å². The Labute approximate surface area is 182 Å². The molecule has 0 heterocycles. The first-order chi connectivity index (χ1) is 14.6. The van der Waals surface area contributed by atoms with Gasteiger partial charge in [0.25, 0.3) is 0 Å². The van der Waals surface area contributed by atoms with Gasteiger partial charge in [-0.15, -0.1) is 0 Å². The van der Waals surface area contributed by atoms with Crippen LogP contribution in [0.3, 0.4) is 0 Å². The Bertz CT molecular complexity index is 720. The molecule has 4 nitrogen and oxygen atoms in total. The van der Waals surface area contributed by atoms with Crippen LogP contribution in [0.15, 0.2) is 12.2 Å². The maximum Gasteiger partial charge on any atom is 0.437 e. The van der Waals surface area contributed by atoms with Crippen LogP contribution < -0.4 is 0 Å². The van der Waals surface area contributed by atoms with Crippen molar-refractivity contribution < 1.29 is 45.4 Å². The maximum atomic E-state index is 14.0. The number of hydrogen-bond donors (Lipinski definition) is 0. The summed E-state index contributed by atoms with van der Waals surface area (Å²) in [4.78, 5) is 24.8. The van der Waals surface area contributed by atoms with E-state index >= 15 is 0 Å². The highest BCUT2D eigenvalue weighted by Crippen LogP contribution is 2.61. The van der Waals surface area contributed by atoms with Gasteiger partial charge in [0.15, 0.2) is 0 Å². The summed E-state index contributed by atoms with van der Waals surface area (Å²) in [6.07, 6.45) is -12.4. The first-order valence-corrected chi connectivity index (χ1v) is 10.9. The minimum Gasteiger partial charge on any atom is -0.459 e. The van der Waals surface area contributed by atoms with Gasteiger partial charge in [0.2, 0.25) is 0 Å². The molecule has 0 aliphatic heterocycles. The molecule has 1 atom stereocenters. The average molecular weight is 470 g/mol. The molecule has 0 spiro atoms. The van der Waals surface area contributed by atoms with E-state index < -0.39 is 47.8 Å². The molecule has 0 saturated heterocycles. The molecule has 10 heteroatoms. The summed E-state index contributed by atoms with van der Waals surface area (Å²) >= 11 is 0. The normalized spacial score (nSPS) is 30.7. The van der Waals surface area contributed by atoms with Crippen molar-refractivity contribution in [1.29, 1.82) is 0 Å². The maximum absolute atomic E-state index is 14.0. The van der Waals surface area contributed by atoms with Gasteiger partial charge in [-0.05, 0) is 69.6 Å². The first-order valence-electron chi connectivity index (χ1n) is 10.9. The molecule has 0 N–H and O–H groups in total. The lowest BCUT2D eigenvalue weighted by Crippen LogP contribution is -2.63. The van der Waals surface area contributed by atoms with E-state index in [4.69, 9.17) is 4.74 Å². The number of halogens is 6. The minimum atomic E-state index is -5.95. The third-order valence-electron chi connectivity index (χ3n) is 7.25. The van der Waals surface area contributed by atoms with Gasteiger partial charge in [0.05, 0.1) is 5.41 Å². The van der Waals surface area contributed by atoms with Gasteiger partial charge in [-0.1, -0.05) is 13.5 Å². The van der Waals surface area contributed by atoms with Crippen LogP contribution in [-0.2, 0) is 19.1 Å². The lowest BCUT2D eigenvalue weighted by molar-refractivity contribution is -0.378. The van der Waals surface area contributed by atoms with Gasteiger partial charge in [-0.2, -0.15) is 26.3 Å². The highest BCUT2D eigenvalue weighted by molar-refractivity contribution is 5.87. The predicted molar refractivity (Wildman–Crippen MR) is 101 cm³/mol. The molecule has 182 valence electrons. The zero-order valence-electron chi connectivity index (χ0n) is 18.1. The van der Waals surface area contributed by atoms with Crippen LogP contribution >= 0.6 is 0 Å². The van der Waals surface area contributed by atoms with E-state index in [0.29, 0.717) is 0 Å². The summed E-state index contributed by atoms with van der Waals surface area (Å²) in [6, 6.07) is 0. The molecular weight excluding hydrogens is 442 g/mol. The summed E-state index contributed by atoms with van der Waals surface area (Å²) in [7, 11) is 0. The Morgan fingerprint density at radius 3 is 1.75 bits per heavy atom. The lowest BCUT2D eigenvalue weighted by Gasteiger charge is -2.55. The molecule has 4 bridgehead atoms. The van der Waals surface area contributed by atoms with Crippen LogP contribution in [0, 0.1) is 23.2 Å². The third kappa shape index (κ3) is 4.38. The molecule has 0 aromatic carbocycles. The quantitative estimate of drug-likeness (QED) is 0.264. The fraction of sp³-hybridized carbons (Fsp3) is 0.818. The summed E-state index contributed by atoms with van der Waals surface area (Å²) in [6.45, 7) is 5.80. The molecule has 0 amide bonds. The van der Waals surface area contributed by atoms with Crippen molar-refractivity contribution in [2.75, 3.05) is 0 Å². The molecule has 4 saturated carbocycles. The van der Waals surface area contributed by atoms with Crippen molar-refractivity contribution in [1.82, 2.24) is 0 Å². The van der Waals surface area contributed by atoms with Crippen molar-refractivity contribution in [3.05, 3.63) is 12.2 Å². The van der Waals surface area contributed by atoms with Crippen molar-refractivity contribution in [3.8, 4) is 0 Å². The van der Waals surface area contributed by atoms with Gasteiger partial charge in [0.1, 0.15) is 6.10 Å². The number of ether oxygens (including phenoxy) is 2. The van der Waals surface area contributed by atoms with Crippen molar-refractivity contribution >= 4 is 11.9 Å². The van der Waals surface area contributed by atoms with Crippen molar-refractivity contribution in [2.45, 2.75) is 89.3 Å². The second kappa shape index (κ2) is 8.24. The van der Waals surface area contributed by atoms with Crippen LogP contribution in [0.5, 0.6) is 0 Å². The molecule has 0 radical (unpaired) electrons. The minimum absolute atomic E-state index is 0.125. The highest BCUT2D eigenvalue weighted by atomic mass is 19.4. The molecule has 1 unspecified atom stereocenters. The van der Waals surface area contributed by atoms with E-state index in [9.17, 15) is 35.9 Å². The molecule has 32 heavy (non-hydrogen) atoms. The van der Waals surface area contributed by atoms with Crippen LogP contribution in [0.4, 0.5) is 26.3 Å². The smallest absolute Gasteiger partial charge is 0.437 e. The highest BCUT2D eigenvalue weighted by Gasteiger charge is 2.75. The second-order valence-electron chi connectivity index (χ2n) is 9.83. The summed E-state index contributed by atoms with van der Waals surface area (Å²) in [5.41, 5.74) is -6.25. The zero-order chi connectivity index (χ0) is 24.1. The van der Waals surface area contributed by atoms with E-state index in [2.05, 4.69) is 11.3 Å². The van der Waals surface area contributed by atoms with E-state index in [1.165, 1.54) is 13.8 Å². The summed E-state index contributed by atoms with van der Waals surface area (Å²) in [5.74, 6) is -2.17. The zero-order valence-corrected chi connectivity index (χ0v) is 18.1. The van der Waals surface area contributed by atoms with Gasteiger partial charge in [-0.25, -0.2) is 4.79 Å². The van der Waals surface area contributed by atoms with Crippen molar-refractivity contribution in [2.24, 2.45) is 23.2 Å². The van der Waals surface area contributed by atoms with Crippen LogP contribution in [0.25, 0.3) is 0 Å². The molecular formula is C22H28F6O4. The standard InChI is InChI=1S/C22H28F6O4/c1-4-16(31-17(29)12(2)3)11-20(21(23,24)25,22(26,27)28)32-18(30)19-8-13-5-14(9-19)7-15(6-13)10-19/h13-16H,2,4-11H2,1,3H3. The predicted octanol–water partition coefficient (Wildman–Crippen LogP) is 5.90. The van der Waals surface area contributed by atoms with Crippen LogP contribution in [0.2, 0.25) is 0 Å². The Balaban J connectivity index is 1.93. The monoisotopic (exact) mass is 470 g/mol. The fourth-order valence-corrected chi connectivity index (χ4v) is 6.02. The lowest BCUT2D eigenvalue weighted by atomic mass is 9.49. The van der Waals surface area contributed by atoms with Gasteiger partial charge < -0.3 is 9.47 Å². The van der Waals surface area contributed by atoms with Crippen molar-refractivity contribution in [3.63, 3.8) is 0 Å². The molecule has 4 fully saturated rings. The largest absolute Gasteiger partial charge is 0.459 e. The average Bonchev–Trinajstić information content (AvgIpc) is 2.63. The number of hydrogen-bond acceptors (Lipinski definition) is 4. The van der Waals surface area contributed by atoms with Gasteiger partial charge in [-0.3, -0.25) is 4.79 Å². The summed E-state index contributed by atoms with van der Waals surface area (Å²) < 4.78 is 93.6. The molecule has 4 aliphatic carbocycles. The molecule has 0 aromatic rings.